The first-order chi connectivity index (χ1) is 12.9. The van der Waals surface area contributed by atoms with Gasteiger partial charge < -0.3 is 10.1 Å². The van der Waals surface area contributed by atoms with Gasteiger partial charge in [0.15, 0.2) is 6.61 Å². The summed E-state index contributed by atoms with van der Waals surface area (Å²) in [6.45, 7) is 2.48. The average Bonchev–Trinajstić information content (AvgIpc) is 2.82. The molecule has 1 aliphatic heterocycles. The van der Waals surface area contributed by atoms with Gasteiger partial charge in [0.2, 0.25) is 10.0 Å². The lowest BCUT2D eigenvalue weighted by Crippen LogP contribution is -2.49. The second-order valence-corrected chi connectivity index (χ2v) is 8.07. The molecule has 28 heavy (non-hydrogen) atoms. The summed E-state index contributed by atoms with van der Waals surface area (Å²) in [7, 11) is -3.52. The molecule has 1 atom stereocenters. The molecule has 0 bridgehead atoms. The van der Waals surface area contributed by atoms with E-state index in [1.807, 2.05) is 0 Å². The molecule has 1 saturated heterocycles. The van der Waals surface area contributed by atoms with Crippen molar-refractivity contribution in [2.24, 2.45) is 0 Å². The van der Waals surface area contributed by atoms with Crippen molar-refractivity contribution >= 4 is 39.5 Å². The minimum atomic E-state index is -3.52. The Morgan fingerprint density at radius 3 is 2.54 bits per heavy atom. The van der Waals surface area contributed by atoms with Gasteiger partial charge in [-0.25, -0.2) is 18.0 Å². The van der Waals surface area contributed by atoms with Crippen LogP contribution < -0.4 is 15.5 Å². The van der Waals surface area contributed by atoms with Gasteiger partial charge in [0.25, 0.3) is 11.8 Å². The Morgan fingerprint density at radius 2 is 1.96 bits per heavy atom. The molecule has 1 fully saturated rings. The molecule has 0 aromatic heterocycles. The molecule has 0 spiro atoms. The number of amides is 4. The molecule has 1 aliphatic rings. The van der Waals surface area contributed by atoms with Gasteiger partial charge in [0.1, 0.15) is 5.54 Å². The molecule has 1 aromatic rings. The van der Waals surface area contributed by atoms with E-state index in [4.69, 9.17) is 4.74 Å². The summed E-state index contributed by atoms with van der Waals surface area (Å²) in [4.78, 5) is 48.0. The maximum atomic E-state index is 12.2. The summed E-state index contributed by atoms with van der Waals surface area (Å²) < 4.78 is 29.5. The van der Waals surface area contributed by atoms with Crippen molar-refractivity contribution in [3.63, 3.8) is 0 Å². The van der Waals surface area contributed by atoms with E-state index in [0.717, 1.165) is 6.26 Å². The van der Waals surface area contributed by atoms with Crippen molar-refractivity contribution in [1.29, 1.82) is 0 Å². The highest BCUT2D eigenvalue weighted by Crippen LogP contribution is 2.19. The van der Waals surface area contributed by atoms with Crippen LogP contribution in [0, 0.1) is 0 Å². The van der Waals surface area contributed by atoms with Gasteiger partial charge in [-0.2, -0.15) is 5.01 Å². The van der Waals surface area contributed by atoms with Crippen LogP contribution in [0.1, 0.15) is 30.6 Å². The number of hydrogen-bond acceptors (Lipinski definition) is 7. The second-order valence-electron chi connectivity index (χ2n) is 6.32. The second kappa shape index (κ2) is 7.84. The van der Waals surface area contributed by atoms with Crippen LogP contribution in [-0.2, 0) is 24.3 Å². The summed E-state index contributed by atoms with van der Waals surface area (Å²) in [5.41, 5.74) is 1.13. The molecule has 1 aromatic carbocycles. The predicted octanol–water partition coefficient (Wildman–Crippen LogP) is -0.0334. The maximum absolute atomic E-state index is 12.2. The topological polar surface area (TPSA) is 151 Å². The zero-order valence-corrected chi connectivity index (χ0v) is 16.3. The van der Waals surface area contributed by atoms with Crippen LogP contribution in [0.2, 0.25) is 0 Å². The number of hydrazine groups is 1. The smallest absolute Gasteiger partial charge is 0.344 e. The highest BCUT2D eigenvalue weighted by molar-refractivity contribution is 7.92. The Labute approximate surface area is 161 Å². The van der Waals surface area contributed by atoms with Gasteiger partial charge >= 0.3 is 12.0 Å². The molecule has 2 rings (SSSR count). The number of urea groups is 1. The monoisotopic (exact) mass is 412 g/mol. The molecule has 152 valence electrons. The largest absolute Gasteiger partial charge is 0.452 e. The van der Waals surface area contributed by atoms with Crippen molar-refractivity contribution in [3.05, 3.63) is 29.8 Å². The Bertz CT molecular complexity index is 931. The first-order valence-electron chi connectivity index (χ1n) is 8.16. The summed E-state index contributed by atoms with van der Waals surface area (Å²) in [6.07, 6.45) is 1.29. The molecule has 0 saturated carbocycles. The molecular weight excluding hydrogens is 392 g/mol. The summed E-state index contributed by atoms with van der Waals surface area (Å²) >= 11 is 0. The number of esters is 1. The van der Waals surface area contributed by atoms with E-state index in [2.05, 4.69) is 15.5 Å². The number of ether oxygens (including phenoxy) is 1. The highest BCUT2D eigenvalue weighted by Gasteiger charge is 2.47. The van der Waals surface area contributed by atoms with Crippen LogP contribution in [0.25, 0.3) is 0 Å². The number of hydrogen-bond donors (Lipinski definition) is 3. The Hall–Kier alpha value is -3.15. The van der Waals surface area contributed by atoms with Gasteiger partial charge in [-0.3, -0.25) is 19.7 Å². The third-order valence-electron chi connectivity index (χ3n) is 3.94. The first-order valence-corrected chi connectivity index (χ1v) is 10.1. The van der Waals surface area contributed by atoms with Crippen LogP contribution in [0.3, 0.4) is 0 Å². The Kier molecular flexibility index (Phi) is 5.92. The summed E-state index contributed by atoms with van der Waals surface area (Å²) in [5, 5.41) is 3.00. The van der Waals surface area contributed by atoms with E-state index in [9.17, 15) is 27.6 Å². The molecule has 0 aliphatic carbocycles. The molecule has 12 heteroatoms. The van der Waals surface area contributed by atoms with E-state index in [0.29, 0.717) is 11.4 Å². The van der Waals surface area contributed by atoms with Gasteiger partial charge in [-0.05, 0) is 31.5 Å². The fourth-order valence-electron chi connectivity index (χ4n) is 2.32. The lowest BCUT2D eigenvalue weighted by molar-refractivity contribution is -0.139. The normalized spacial score (nSPS) is 19.2. The van der Waals surface area contributed by atoms with Crippen molar-refractivity contribution in [2.75, 3.05) is 17.6 Å². The Balaban J connectivity index is 1.94. The zero-order valence-electron chi connectivity index (χ0n) is 15.4. The number of nitrogens with zero attached hydrogens (tertiary/aromatic N) is 1. The maximum Gasteiger partial charge on any atom is 0.344 e. The van der Waals surface area contributed by atoms with Gasteiger partial charge in [0.05, 0.1) is 11.8 Å². The summed E-state index contributed by atoms with van der Waals surface area (Å²) in [5.74, 6) is -2.40. The number of carbonyl (C=O) groups excluding carboxylic acids is 4. The number of benzene rings is 1. The Morgan fingerprint density at radius 1 is 1.29 bits per heavy atom. The number of rotatable bonds is 7. The molecule has 1 unspecified atom stereocenters. The van der Waals surface area contributed by atoms with Gasteiger partial charge in [-0.1, -0.05) is 13.0 Å². The van der Waals surface area contributed by atoms with Crippen LogP contribution in [0.15, 0.2) is 24.3 Å². The van der Waals surface area contributed by atoms with Crippen LogP contribution in [0.5, 0.6) is 0 Å². The fourth-order valence-corrected chi connectivity index (χ4v) is 2.88. The first kappa shape index (κ1) is 21.2. The fraction of sp³-hybridized carbons (Fsp3) is 0.375. The quantitative estimate of drug-likeness (QED) is 0.420. The van der Waals surface area contributed by atoms with Gasteiger partial charge in [-0.15, -0.1) is 0 Å². The van der Waals surface area contributed by atoms with E-state index in [-0.39, 0.29) is 11.3 Å². The van der Waals surface area contributed by atoms with Gasteiger partial charge in [0, 0.05) is 5.69 Å². The molecule has 11 nitrogen and oxygen atoms in total. The molecule has 4 amide bonds. The zero-order chi connectivity index (χ0) is 21.1. The van der Waals surface area contributed by atoms with E-state index in [1.165, 1.54) is 31.2 Å². The molecular formula is C16H20N4O7S. The number of carbonyl (C=O) groups is 4. The van der Waals surface area contributed by atoms with E-state index >= 15 is 0 Å². The SMILES string of the molecule is CCC1(C)NC(=O)N(NC(=O)COC(=O)c2cccc(NS(C)(=O)=O)c2)C1=O. The average molecular weight is 412 g/mol. The number of anilines is 1. The third kappa shape index (κ3) is 4.97. The van der Waals surface area contributed by atoms with Crippen molar-refractivity contribution in [1.82, 2.24) is 15.8 Å². The minimum absolute atomic E-state index is 0.00926. The minimum Gasteiger partial charge on any atom is -0.452 e. The molecule has 3 N–H and O–H groups in total. The number of nitrogens with one attached hydrogen (secondary N) is 3. The van der Waals surface area contributed by atoms with Crippen molar-refractivity contribution in [2.45, 2.75) is 25.8 Å². The van der Waals surface area contributed by atoms with Crippen molar-refractivity contribution in [3.8, 4) is 0 Å². The lowest BCUT2D eigenvalue weighted by Gasteiger charge is -2.19. The van der Waals surface area contributed by atoms with Crippen LogP contribution >= 0.6 is 0 Å². The lowest BCUT2D eigenvalue weighted by atomic mass is 10.00. The molecule has 0 radical (unpaired) electrons. The molecule has 1 heterocycles. The van der Waals surface area contributed by atoms with Crippen molar-refractivity contribution < 1.29 is 32.3 Å². The summed E-state index contributed by atoms with van der Waals surface area (Å²) in [6, 6.07) is 4.70. The van der Waals surface area contributed by atoms with Crippen LogP contribution in [-0.4, -0.2) is 55.6 Å². The van der Waals surface area contributed by atoms with E-state index in [1.54, 1.807) is 6.92 Å². The number of sulfonamides is 1. The van der Waals surface area contributed by atoms with Crippen LogP contribution in [0.4, 0.5) is 10.5 Å². The predicted molar refractivity (Wildman–Crippen MR) is 97.4 cm³/mol. The number of imide groups is 1. The highest BCUT2D eigenvalue weighted by atomic mass is 32.2. The standard InChI is InChI=1S/C16H20N4O7S/c1-4-16(2)14(23)20(15(24)17-16)18-12(21)9-27-13(22)10-6-5-7-11(8-10)19-28(3,25)26/h5-8,19H,4,9H2,1-3H3,(H,17,24)(H,18,21). The van der Waals surface area contributed by atoms with E-state index < -0.39 is 46.0 Å². The third-order valence-corrected chi connectivity index (χ3v) is 4.55.